The maximum Gasteiger partial charge on any atom is 0.435 e. The van der Waals surface area contributed by atoms with Gasteiger partial charge in [-0.05, 0) is 102 Å². The molecule has 1 aliphatic heterocycles. The Labute approximate surface area is 314 Å². The summed E-state index contributed by atoms with van der Waals surface area (Å²) in [6.07, 6.45) is -5.22. The highest BCUT2D eigenvalue weighted by molar-refractivity contribution is 5.99. The van der Waals surface area contributed by atoms with Crippen molar-refractivity contribution in [3.8, 4) is 29.0 Å². The molecule has 1 saturated carbocycles. The highest BCUT2D eigenvalue weighted by Crippen LogP contribution is 2.64. The number of carbonyl (C=O) groups excluding carboxylic acids is 2. The minimum absolute atomic E-state index is 0.0192. The van der Waals surface area contributed by atoms with E-state index in [0.717, 1.165) is 17.7 Å². The third-order valence-electron chi connectivity index (χ3n) is 10.4. The van der Waals surface area contributed by atoms with Crippen LogP contribution in [0.15, 0.2) is 72.8 Å². The van der Waals surface area contributed by atoms with Gasteiger partial charge in [0, 0.05) is 40.8 Å². The lowest BCUT2D eigenvalue weighted by molar-refractivity contribution is -0.144. The van der Waals surface area contributed by atoms with Gasteiger partial charge in [0.15, 0.2) is 5.69 Å². The van der Waals surface area contributed by atoms with E-state index in [2.05, 4.69) is 27.6 Å². The van der Waals surface area contributed by atoms with Crippen LogP contribution in [0.5, 0.6) is 0 Å². The Hall–Kier alpha value is -6.48. The van der Waals surface area contributed by atoms with Gasteiger partial charge in [0.05, 0.1) is 23.4 Å². The number of nitrogens with zero attached hydrogens (tertiary/aromatic N) is 4. The van der Waals surface area contributed by atoms with Crippen molar-refractivity contribution in [2.75, 3.05) is 0 Å². The number of aromatic nitrogens is 3. The number of fused-ring (bicyclic) bond motifs is 4. The number of amides is 2. The zero-order chi connectivity index (χ0) is 39.5. The molecule has 3 aromatic carbocycles. The second kappa shape index (κ2) is 13.7. The first-order valence-electron chi connectivity index (χ1n) is 17.4. The number of hydrogen-bond acceptors (Lipinski definition) is 5. The van der Waals surface area contributed by atoms with Crippen LogP contribution in [0, 0.1) is 40.7 Å². The van der Waals surface area contributed by atoms with Crippen LogP contribution in [0.25, 0.3) is 11.1 Å². The van der Waals surface area contributed by atoms with Crippen molar-refractivity contribution in [1.82, 2.24) is 25.4 Å². The monoisotopic (exact) mass is 768 g/mol. The molecule has 2 N–H and O–H groups in total. The van der Waals surface area contributed by atoms with E-state index >= 15 is 8.78 Å². The number of alkyl halides is 5. The quantitative estimate of drug-likeness (QED) is 0.132. The summed E-state index contributed by atoms with van der Waals surface area (Å²) in [5, 5.41) is 18.0. The molecule has 3 heterocycles. The van der Waals surface area contributed by atoms with Gasteiger partial charge in [-0.25, -0.2) is 13.8 Å². The smallest absolute Gasteiger partial charge is 0.348 e. The van der Waals surface area contributed by atoms with Crippen molar-refractivity contribution in [2.45, 2.75) is 56.4 Å². The predicted octanol–water partition coefficient (Wildman–Crippen LogP) is 7.46. The molecule has 0 saturated heterocycles. The molecule has 3 aliphatic rings. The average Bonchev–Trinajstić information content (AvgIpc) is 3.74. The van der Waals surface area contributed by atoms with Crippen molar-refractivity contribution in [3.05, 3.63) is 141 Å². The normalized spacial score (nSPS) is 18.0. The maximum absolute atomic E-state index is 15.6. The van der Waals surface area contributed by atoms with Crippen molar-refractivity contribution in [3.63, 3.8) is 0 Å². The molecule has 2 aromatic heterocycles. The third-order valence-corrected chi connectivity index (χ3v) is 10.4. The van der Waals surface area contributed by atoms with E-state index < -0.39 is 71.0 Å². The number of carbonyl (C=O) groups is 2. The topological polar surface area (TPSA) is 113 Å². The predicted molar refractivity (Wildman–Crippen MR) is 186 cm³/mol. The van der Waals surface area contributed by atoms with Gasteiger partial charge in [-0.15, -0.1) is 0 Å². The van der Waals surface area contributed by atoms with Crippen LogP contribution in [-0.4, -0.2) is 26.6 Å². The van der Waals surface area contributed by atoms with E-state index in [1.54, 1.807) is 54.6 Å². The first kappa shape index (κ1) is 36.5. The van der Waals surface area contributed by atoms with Gasteiger partial charge >= 0.3 is 6.18 Å². The van der Waals surface area contributed by atoms with Gasteiger partial charge in [0.1, 0.15) is 29.6 Å². The lowest BCUT2D eigenvalue weighted by atomic mass is 9.73. The Balaban J connectivity index is 1.22. The lowest BCUT2D eigenvalue weighted by Crippen LogP contribution is -2.36. The lowest BCUT2D eigenvalue weighted by Gasteiger charge is -2.34. The van der Waals surface area contributed by atoms with Crippen molar-refractivity contribution < 1.29 is 40.3 Å². The van der Waals surface area contributed by atoms with Gasteiger partial charge in [0.25, 0.3) is 11.8 Å². The highest BCUT2D eigenvalue weighted by atomic mass is 19.4. The molecular weight excluding hydrogens is 741 g/mol. The SMILES string of the molecule is N#Cc1ccc(C#Cc2ccc(-c3ccc4c(c3)C(=O)NC4)c([C@H](Cc3cc(F)cc(F)c3)NC(=O)Cn3nc(C(F)(F)F)c4c3C(F)(F)[C@@H]3CC[C@H]43)n2)cc1. The highest BCUT2D eigenvalue weighted by Gasteiger charge is 2.63. The Morgan fingerprint density at radius 2 is 1.70 bits per heavy atom. The molecule has 8 rings (SSSR count). The molecule has 3 atom stereocenters. The van der Waals surface area contributed by atoms with Crippen LogP contribution in [0.1, 0.15) is 85.8 Å². The Kier molecular flexibility index (Phi) is 8.91. The maximum atomic E-state index is 15.6. The fourth-order valence-corrected chi connectivity index (χ4v) is 7.71. The van der Waals surface area contributed by atoms with Gasteiger partial charge in [-0.3, -0.25) is 14.3 Å². The molecule has 0 bridgehead atoms. The molecule has 56 heavy (non-hydrogen) atoms. The molecule has 0 spiro atoms. The molecule has 0 radical (unpaired) electrons. The Morgan fingerprint density at radius 1 is 0.964 bits per heavy atom. The molecule has 1 fully saturated rings. The number of rotatable bonds is 7. The first-order chi connectivity index (χ1) is 26.7. The summed E-state index contributed by atoms with van der Waals surface area (Å²) in [4.78, 5) is 31.2. The summed E-state index contributed by atoms with van der Waals surface area (Å²) in [6.45, 7) is -0.727. The second-order valence-corrected chi connectivity index (χ2v) is 13.9. The first-order valence-corrected chi connectivity index (χ1v) is 17.4. The number of halogens is 7. The van der Waals surface area contributed by atoms with Crippen molar-refractivity contribution >= 4 is 11.8 Å². The van der Waals surface area contributed by atoms with Crippen LogP contribution < -0.4 is 10.6 Å². The molecule has 0 unspecified atom stereocenters. The van der Waals surface area contributed by atoms with Gasteiger partial charge < -0.3 is 10.6 Å². The van der Waals surface area contributed by atoms with Crippen LogP contribution in [0.2, 0.25) is 0 Å². The third kappa shape index (κ3) is 6.63. The summed E-state index contributed by atoms with van der Waals surface area (Å²) < 4.78 is 103. The molecule has 2 amide bonds. The zero-order valence-corrected chi connectivity index (χ0v) is 28.9. The van der Waals surface area contributed by atoms with Gasteiger partial charge in [0.2, 0.25) is 5.91 Å². The van der Waals surface area contributed by atoms with Gasteiger partial charge in [-0.1, -0.05) is 18.1 Å². The number of nitrogens with one attached hydrogen (secondary N) is 2. The molecule has 5 aromatic rings. The van der Waals surface area contributed by atoms with E-state index in [0.29, 0.717) is 45.1 Å². The molecule has 282 valence electrons. The van der Waals surface area contributed by atoms with Crippen LogP contribution in [0.4, 0.5) is 30.7 Å². The van der Waals surface area contributed by atoms with Crippen LogP contribution in [0.3, 0.4) is 0 Å². The van der Waals surface area contributed by atoms with E-state index in [1.807, 2.05) is 6.07 Å². The minimum Gasteiger partial charge on any atom is -0.348 e. The number of nitriles is 1. The van der Waals surface area contributed by atoms with E-state index in [4.69, 9.17) is 10.2 Å². The summed E-state index contributed by atoms with van der Waals surface area (Å²) in [7, 11) is 0. The summed E-state index contributed by atoms with van der Waals surface area (Å²) in [5.41, 5.74) is 0.214. The molecule has 2 aliphatic carbocycles. The van der Waals surface area contributed by atoms with Crippen LogP contribution in [-0.2, 0) is 36.4 Å². The average molecular weight is 769 g/mol. The second-order valence-electron chi connectivity index (χ2n) is 13.9. The summed E-state index contributed by atoms with van der Waals surface area (Å²) in [5.74, 6) is -3.38. The fraction of sp³-hybridized carbons (Fsp3) is 0.244. The van der Waals surface area contributed by atoms with E-state index in [-0.39, 0.29) is 42.1 Å². The van der Waals surface area contributed by atoms with E-state index in [1.165, 1.54) is 0 Å². The van der Waals surface area contributed by atoms with Gasteiger partial charge in [-0.2, -0.15) is 32.3 Å². The summed E-state index contributed by atoms with van der Waals surface area (Å²) in [6, 6.07) is 18.1. The largest absolute Gasteiger partial charge is 0.435 e. The number of benzene rings is 3. The zero-order valence-electron chi connectivity index (χ0n) is 28.9. The van der Waals surface area contributed by atoms with E-state index in [9.17, 15) is 31.5 Å². The summed E-state index contributed by atoms with van der Waals surface area (Å²) >= 11 is 0. The minimum atomic E-state index is -5.05. The van der Waals surface area contributed by atoms with Crippen molar-refractivity contribution in [1.29, 1.82) is 5.26 Å². The molecule has 15 heteroatoms. The standard InChI is InChI=1S/C41H27F7N6O2/c42-26-13-23(14-27(43)17-26)15-33(52-34(55)20-54-38-35(37(53-54)41(46,47)48)30-11-12-32(30)40(38,44)45)36-29(24-6-7-25-19-50-39(56)31(25)16-24)10-9-28(51-36)8-5-21-1-3-22(18-49)4-2-21/h1-4,6-7,9-10,13-14,16-17,30,32-33H,11-12,15,19-20H2,(H,50,56)(H,52,55)/t30-,32+,33-/m0/s1. The van der Waals surface area contributed by atoms with Crippen LogP contribution >= 0.6 is 0 Å². The Morgan fingerprint density at radius 3 is 2.38 bits per heavy atom. The Bertz CT molecular complexity index is 2530. The molecular formula is C41H27F7N6O2. The fourth-order valence-electron chi connectivity index (χ4n) is 7.71. The number of hydrogen-bond donors (Lipinski definition) is 2. The molecule has 8 nitrogen and oxygen atoms in total. The van der Waals surface area contributed by atoms with Crippen molar-refractivity contribution in [2.24, 2.45) is 5.92 Å². The number of pyridine rings is 1.